The van der Waals surface area contributed by atoms with E-state index < -0.39 is 0 Å². The quantitative estimate of drug-likeness (QED) is 0.760. The standard InChI is InChI=1S/C16H17NO2/c1-3-19-16-7-5-4-6-13(16)12-17-14-8-10-15(18-2)11-9-14/h4-12H,3H2,1-2H3. The lowest BCUT2D eigenvalue weighted by molar-refractivity contribution is 0.340. The summed E-state index contributed by atoms with van der Waals surface area (Å²) in [5, 5.41) is 0. The number of rotatable bonds is 5. The first kappa shape index (κ1) is 13.1. The third-order valence-corrected chi connectivity index (χ3v) is 2.64. The highest BCUT2D eigenvalue weighted by molar-refractivity contribution is 5.85. The van der Waals surface area contributed by atoms with Crippen molar-refractivity contribution >= 4 is 11.9 Å². The predicted octanol–water partition coefficient (Wildman–Crippen LogP) is 3.84. The van der Waals surface area contributed by atoms with E-state index in [9.17, 15) is 0 Å². The van der Waals surface area contributed by atoms with E-state index in [1.807, 2.05) is 61.7 Å². The number of para-hydroxylation sites is 1. The maximum Gasteiger partial charge on any atom is 0.128 e. The number of hydrogen-bond acceptors (Lipinski definition) is 3. The number of methoxy groups -OCH3 is 1. The Balaban J connectivity index is 2.17. The van der Waals surface area contributed by atoms with Gasteiger partial charge in [0.15, 0.2) is 0 Å². The Bertz CT molecular complexity index is 547. The Morgan fingerprint density at radius 1 is 1.05 bits per heavy atom. The molecule has 0 bridgehead atoms. The third-order valence-electron chi connectivity index (χ3n) is 2.64. The van der Waals surface area contributed by atoms with Gasteiger partial charge in [0.1, 0.15) is 11.5 Å². The molecular formula is C16H17NO2. The fourth-order valence-corrected chi connectivity index (χ4v) is 1.69. The van der Waals surface area contributed by atoms with Crippen LogP contribution < -0.4 is 9.47 Å². The summed E-state index contributed by atoms with van der Waals surface area (Å²) in [4.78, 5) is 4.43. The minimum atomic E-state index is 0.646. The van der Waals surface area contributed by atoms with Crippen LogP contribution in [0.15, 0.2) is 53.5 Å². The van der Waals surface area contributed by atoms with E-state index >= 15 is 0 Å². The highest BCUT2D eigenvalue weighted by Gasteiger charge is 1.99. The zero-order valence-electron chi connectivity index (χ0n) is 11.2. The van der Waals surface area contributed by atoms with Gasteiger partial charge >= 0.3 is 0 Å². The molecule has 3 heteroatoms. The number of hydrogen-bond donors (Lipinski definition) is 0. The summed E-state index contributed by atoms with van der Waals surface area (Å²) in [7, 11) is 1.65. The molecule has 0 saturated heterocycles. The molecule has 0 aliphatic carbocycles. The maximum atomic E-state index is 5.55. The van der Waals surface area contributed by atoms with Crippen molar-refractivity contribution in [1.82, 2.24) is 0 Å². The van der Waals surface area contributed by atoms with Crippen LogP contribution in [0.1, 0.15) is 12.5 Å². The molecule has 19 heavy (non-hydrogen) atoms. The first-order valence-electron chi connectivity index (χ1n) is 6.23. The van der Waals surface area contributed by atoms with E-state index in [2.05, 4.69) is 4.99 Å². The van der Waals surface area contributed by atoms with Crippen molar-refractivity contribution < 1.29 is 9.47 Å². The maximum absolute atomic E-state index is 5.55. The molecule has 0 aliphatic rings. The molecule has 2 rings (SSSR count). The smallest absolute Gasteiger partial charge is 0.128 e. The molecule has 0 heterocycles. The summed E-state index contributed by atoms with van der Waals surface area (Å²) < 4.78 is 10.7. The van der Waals surface area contributed by atoms with Crippen molar-refractivity contribution in [2.75, 3.05) is 13.7 Å². The van der Waals surface area contributed by atoms with Gasteiger partial charge in [-0.2, -0.15) is 0 Å². The minimum absolute atomic E-state index is 0.646. The van der Waals surface area contributed by atoms with Crippen molar-refractivity contribution in [3.8, 4) is 11.5 Å². The van der Waals surface area contributed by atoms with Crippen LogP contribution in [0, 0.1) is 0 Å². The highest BCUT2D eigenvalue weighted by atomic mass is 16.5. The van der Waals surface area contributed by atoms with Crippen molar-refractivity contribution in [2.24, 2.45) is 4.99 Å². The van der Waals surface area contributed by atoms with E-state index in [1.165, 1.54) is 0 Å². The van der Waals surface area contributed by atoms with E-state index in [-0.39, 0.29) is 0 Å². The average Bonchev–Trinajstić information content (AvgIpc) is 2.47. The fraction of sp³-hybridized carbons (Fsp3) is 0.188. The molecule has 98 valence electrons. The molecule has 0 spiro atoms. The minimum Gasteiger partial charge on any atom is -0.497 e. The van der Waals surface area contributed by atoms with Gasteiger partial charge in [-0.05, 0) is 43.3 Å². The van der Waals surface area contributed by atoms with E-state index in [0.29, 0.717) is 6.61 Å². The van der Waals surface area contributed by atoms with E-state index in [4.69, 9.17) is 9.47 Å². The lowest BCUT2D eigenvalue weighted by atomic mass is 10.2. The van der Waals surface area contributed by atoms with Crippen LogP contribution in [-0.2, 0) is 0 Å². The van der Waals surface area contributed by atoms with Crippen molar-refractivity contribution in [1.29, 1.82) is 0 Å². The summed E-state index contributed by atoms with van der Waals surface area (Å²) in [5.74, 6) is 1.68. The lowest BCUT2D eigenvalue weighted by Gasteiger charge is -2.05. The van der Waals surface area contributed by atoms with Crippen LogP contribution in [0.3, 0.4) is 0 Å². The van der Waals surface area contributed by atoms with Gasteiger partial charge in [0.2, 0.25) is 0 Å². The summed E-state index contributed by atoms with van der Waals surface area (Å²) in [6, 6.07) is 15.5. The Morgan fingerprint density at radius 2 is 1.79 bits per heavy atom. The van der Waals surface area contributed by atoms with Gasteiger partial charge < -0.3 is 9.47 Å². The van der Waals surface area contributed by atoms with Gasteiger partial charge in [0, 0.05) is 11.8 Å². The summed E-state index contributed by atoms with van der Waals surface area (Å²) in [6.45, 7) is 2.62. The van der Waals surface area contributed by atoms with Crippen molar-refractivity contribution in [2.45, 2.75) is 6.92 Å². The molecule has 0 N–H and O–H groups in total. The normalized spacial score (nSPS) is 10.6. The molecule has 0 saturated carbocycles. The SMILES string of the molecule is CCOc1ccccc1C=Nc1ccc(OC)cc1. The van der Waals surface area contributed by atoms with Crippen LogP contribution in [0.25, 0.3) is 0 Å². The monoisotopic (exact) mass is 255 g/mol. The molecule has 0 fully saturated rings. The molecule has 0 aliphatic heterocycles. The summed E-state index contributed by atoms with van der Waals surface area (Å²) >= 11 is 0. The molecule has 2 aromatic rings. The van der Waals surface area contributed by atoms with Crippen LogP contribution in [0.2, 0.25) is 0 Å². The highest BCUT2D eigenvalue weighted by Crippen LogP contribution is 2.20. The van der Waals surface area contributed by atoms with Gasteiger partial charge in [-0.1, -0.05) is 12.1 Å². The largest absolute Gasteiger partial charge is 0.497 e. The lowest BCUT2D eigenvalue weighted by Crippen LogP contribution is -1.95. The number of nitrogens with zero attached hydrogens (tertiary/aromatic N) is 1. The fourth-order valence-electron chi connectivity index (χ4n) is 1.69. The molecular weight excluding hydrogens is 238 g/mol. The van der Waals surface area contributed by atoms with Gasteiger partial charge in [0.25, 0.3) is 0 Å². The van der Waals surface area contributed by atoms with Crippen LogP contribution >= 0.6 is 0 Å². The third kappa shape index (κ3) is 3.58. The zero-order valence-corrected chi connectivity index (χ0v) is 11.2. The second kappa shape index (κ2) is 6.59. The second-order valence-corrected chi connectivity index (χ2v) is 3.93. The molecule has 0 aromatic heterocycles. The van der Waals surface area contributed by atoms with Gasteiger partial charge in [-0.3, -0.25) is 4.99 Å². The Labute approximate surface area is 113 Å². The molecule has 2 aromatic carbocycles. The Morgan fingerprint density at radius 3 is 2.47 bits per heavy atom. The molecule has 0 radical (unpaired) electrons. The predicted molar refractivity (Wildman–Crippen MR) is 77.9 cm³/mol. The molecule has 0 unspecified atom stereocenters. The average molecular weight is 255 g/mol. The second-order valence-electron chi connectivity index (χ2n) is 3.93. The number of ether oxygens (including phenoxy) is 2. The van der Waals surface area contributed by atoms with Gasteiger partial charge in [-0.15, -0.1) is 0 Å². The van der Waals surface area contributed by atoms with Crippen LogP contribution in [0.4, 0.5) is 5.69 Å². The summed E-state index contributed by atoms with van der Waals surface area (Å²) in [5.41, 5.74) is 1.85. The van der Waals surface area contributed by atoms with Crippen LogP contribution in [-0.4, -0.2) is 19.9 Å². The first-order chi connectivity index (χ1) is 9.33. The van der Waals surface area contributed by atoms with Crippen molar-refractivity contribution in [3.63, 3.8) is 0 Å². The van der Waals surface area contributed by atoms with Gasteiger partial charge in [0.05, 0.1) is 19.4 Å². The molecule has 0 amide bonds. The number of aliphatic imine (C=N–C) groups is 1. The first-order valence-corrected chi connectivity index (χ1v) is 6.23. The summed E-state index contributed by atoms with van der Waals surface area (Å²) in [6.07, 6.45) is 1.81. The van der Waals surface area contributed by atoms with E-state index in [1.54, 1.807) is 7.11 Å². The van der Waals surface area contributed by atoms with Crippen molar-refractivity contribution in [3.05, 3.63) is 54.1 Å². The van der Waals surface area contributed by atoms with Crippen LogP contribution in [0.5, 0.6) is 11.5 Å². The Kier molecular flexibility index (Phi) is 4.56. The molecule has 0 atom stereocenters. The zero-order chi connectivity index (χ0) is 13.5. The Hall–Kier alpha value is -2.29. The topological polar surface area (TPSA) is 30.8 Å². The number of benzene rings is 2. The van der Waals surface area contributed by atoms with Gasteiger partial charge in [-0.25, -0.2) is 0 Å². The molecule has 3 nitrogen and oxygen atoms in total. The van der Waals surface area contributed by atoms with E-state index in [0.717, 1.165) is 22.7 Å².